The summed E-state index contributed by atoms with van der Waals surface area (Å²) in [5.41, 5.74) is 0.549. The molecule has 4 aliphatic rings. The van der Waals surface area contributed by atoms with Gasteiger partial charge in [-0.2, -0.15) is 0 Å². The third kappa shape index (κ3) is 5.71. The van der Waals surface area contributed by atoms with Crippen LogP contribution in [0.15, 0.2) is 65.3 Å². The zero-order valence-corrected chi connectivity index (χ0v) is 21.8. The summed E-state index contributed by atoms with van der Waals surface area (Å²) >= 11 is 0. The Bertz CT molecular complexity index is 1250. The molecule has 42 heavy (non-hydrogen) atoms. The number of aliphatic hydroxyl groups is 9. The molecule has 0 spiro atoms. The van der Waals surface area contributed by atoms with E-state index in [0.29, 0.717) is 5.56 Å². The van der Waals surface area contributed by atoms with E-state index in [1.807, 2.05) is 0 Å². The number of hydrogen-bond acceptors (Lipinski definition) is 15. The number of phenols is 1. The van der Waals surface area contributed by atoms with E-state index in [2.05, 4.69) is 0 Å². The minimum atomic E-state index is -1.86. The van der Waals surface area contributed by atoms with Gasteiger partial charge < -0.3 is 74.7 Å². The van der Waals surface area contributed by atoms with Crippen LogP contribution in [0.5, 0.6) is 5.75 Å². The second-order valence-corrected chi connectivity index (χ2v) is 10.1. The van der Waals surface area contributed by atoms with Crippen molar-refractivity contribution < 1.29 is 74.7 Å². The highest BCUT2D eigenvalue weighted by Gasteiger charge is 2.51. The van der Waals surface area contributed by atoms with E-state index >= 15 is 0 Å². The average molecular weight is 597 g/mol. The van der Waals surface area contributed by atoms with Crippen LogP contribution in [0.2, 0.25) is 0 Å². The number of phenolic OH excluding ortho intramolecular Hbond substituents is 1. The Hall–Kier alpha value is -3.22. The van der Waals surface area contributed by atoms with Crippen LogP contribution in [0.3, 0.4) is 0 Å². The standard InChI is InChI=1S/C27H32O15/c28-8-17-19(33)21(35)23(37)26(40-17)42-25-22(36)20(34)18(9-29)41-27(25)39-16-7-13-14(32)5-12(31)6-15(13)38-24(16)10-1-3-11(30)4-2-10/h1-7,15,17-23,25-37H,8-9H2/t15?,17-,18-,19-,20-,21+,22+,23-,25-,26+,27-/m1/s1. The molecule has 1 aromatic carbocycles. The molecule has 5 rings (SSSR count). The van der Waals surface area contributed by atoms with Gasteiger partial charge in [-0.3, -0.25) is 0 Å². The fraction of sp³-hybridized carbons (Fsp3) is 0.481. The van der Waals surface area contributed by atoms with Gasteiger partial charge in [0.1, 0.15) is 66.1 Å². The summed E-state index contributed by atoms with van der Waals surface area (Å²) in [6.45, 7) is -1.50. The molecule has 1 unspecified atom stereocenters. The van der Waals surface area contributed by atoms with Gasteiger partial charge in [0.15, 0.2) is 23.9 Å². The summed E-state index contributed by atoms with van der Waals surface area (Å²) < 4.78 is 28.9. The van der Waals surface area contributed by atoms with Crippen molar-refractivity contribution >= 4 is 5.76 Å². The molecule has 10 N–H and O–H groups in total. The zero-order valence-electron chi connectivity index (χ0n) is 21.8. The van der Waals surface area contributed by atoms with Crippen molar-refractivity contribution in [2.45, 2.75) is 67.5 Å². The second-order valence-electron chi connectivity index (χ2n) is 10.1. The first-order chi connectivity index (χ1) is 20.0. The smallest absolute Gasteiger partial charge is 0.229 e. The lowest BCUT2D eigenvalue weighted by atomic mass is 9.96. The minimum absolute atomic E-state index is 0.0406. The van der Waals surface area contributed by atoms with Crippen LogP contribution in [0, 0.1) is 0 Å². The molecule has 11 atom stereocenters. The SMILES string of the molecule is OC[C@H]1O[C@@H](O[C@H]2[C@H](OC3=C(c4ccc(O)cc4)OC4C=C(O)C=C(O)C4=C3)O[C@H](CO)[C@@H](O)[C@@H]2O)[C@H](O)[C@@H](O)[C@@H]1O. The molecule has 3 heterocycles. The highest BCUT2D eigenvalue weighted by Crippen LogP contribution is 2.39. The molecular weight excluding hydrogens is 564 g/mol. The van der Waals surface area contributed by atoms with Crippen LogP contribution >= 0.6 is 0 Å². The lowest BCUT2D eigenvalue weighted by Gasteiger charge is -2.46. The molecule has 1 aliphatic carbocycles. The number of fused-ring (bicyclic) bond motifs is 1. The van der Waals surface area contributed by atoms with Crippen molar-refractivity contribution in [2.75, 3.05) is 13.2 Å². The van der Waals surface area contributed by atoms with Gasteiger partial charge in [0.2, 0.25) is 6.29 Å². The van der Waals surface area contributed by atoms with E-state index < -0.39 is 80.7 Å². The first kappa shape index (κ1) is 30.2. The molecule has 0 aromatic heterocycles. The van der Waals surface area contributed by atoms with Crippen LogP contribution < -0.4 is 0 Å². The molecule has 15 heteroatoms. The number of aromatic hydroxyl groups is 1. The molecule has 230 valence electrons. The number of allylic oxidation sites excluding steroid dienone is 2. The molecule has 0 amide bonds. The van der Waals surface area contributed by atoms with Gasteiger partial charge in [-0.1, -0.05) is 0 Å². The molecule has 0 saturated carbocycles. The van der Waals surface area contributed by atoms with Crippen molar-refractivity contribution in [3.8, 4) is 5.75 Å². The quantitative estimate of drug-likeness (QED) is 0.162. The monoisotopic (exact) mass is 596 g/mol. The summed E-state index contributed by atoms with van der Waals surface area (Å²) in [5, 5.41) is 102. The van der Waals surface area contributed by atoms with Crippen LogP contribution in [0.4, 0.5) is 0 Å². The highest BCUT2D eigenvalue weighted by atomic mass is 16.8. The summed E-state index contributed by atoms with van der Waals surface area (Å²) in [7, 11) is 0. The first-order valence-electron chi connectivity index (χ1n) is 13.0. The van der Waals surface area contributed by atoms with Crippen LogP contribution in [0.25, 0.3) is 5.76 Å². The summed E-state index contributed by atoms with van der Waals surface area (Å²) in [5.74, 6) is -0.701. The predicted molar refractivity (Wildman–Crippen MR) is 137 cm³/mol. The summed E-state index contributed by atoms with van der Waals surface area (Å²) in [6, 6.07) is 5.73. The van der Waals surface area contributed by atoms with Gasteiger partial charge in [0.25, 0.3) is 0 Å². The molecule has 0 bridgehead atoms. The van der Waals surface area contributed by atoms with Crippen LogP contribution in [0.1, 0.15) is 5.56 Å². The predicted octanol–water partition coefficient (Wildman–Crippen LogP) is -2.08. The van der Waals surface area contributed by atoms with Crippen LogP contribution in [-0.2, 0) is 23.7 Å². The molecule has 0 radical (unpaired) electrons. The fourth-order valence-corrected chi connectivity index (χ4v) is 4.97. The second kappa shape index (κ2) is 12.2. The number of aliphatic hydroxyl groups excluding tert-OH is 9. The van der Waals surface area contributed by atoms with Crippen LogP contribution in [-0.4, -0.2) is 132 Å². The van der Waals surface area contributed by atoms with E-state index in [1.165, 1.54) is 36.4 Å². The molecule has 2 saturated heterocycles. The van der Waals surface area contributed by atoms with E-state index in [1.54, 1.807) is 0 Å². The molecule has 2 fully saturated rings. The van der Waals surface area contributed by atoms with E-state index in [-0.39, 0.29) is 34.4 Å². The van der Waals surface area contributed by atoms with Crippen molar-refractivity contribution in [3.05, 3.63) is 70.9 Å². The van der Waals surface area contributed by atoms with Crippen molar-refractivity contribution in [1.29, 1.82) is 0 Å². The van der Waals surface area contributed by atoms with E-state index in [4.69, 9.17) is 23.7 Å². The largest absolute Gasteiger partial charge is 0.508 e. The number of ether oxygens (including phenoxy) is 5. The Balaban J connectivity index is 1.51. The van der Waals surface area contributed by atoms with Gasteiger partial charge in [0.05, 0.1) is 13.2 Å². The molecule has 3 aliphatic heterocycles. The van der Waals surface area contributed by atoms with Crippen molar-refractivity contribution in [1.82, 2.24) is 0 Å². The maximum atomic E-state index is 10.9. The maximum absolute atomic E-state index is 10.9. The van der Waals surface area contributed by atoms with Gasteiger partial charge in [0, 0.05) is 23.3 Å². The molecular formula is C27H32O15. The van der Waals surface area contributed by atoms with Crippen molar-refractivity contribution in [2.24, 2.45) is 0 Å². The summed E-state index contributed by atoms with van der Waals surface area (Å²) in [6.07, 6.45) is -13.8. The minimum Gasteiger partial charge on any atom is -0.508 e. The third-order valence-electron chi connectivity index (χ3n) is 7.30. The molecule has 15 nitrogen and oxygen atoms in total. The lowest BCUT2D eigenvalue weighted by molar-refractivity contribution is -0.363. The van der Waals surface area contributed by atoms with E-state index in [0.717, 1.165) is 6.08 Å². The lowest BCUT2D eigenvalue weighted by Crippen LogP contribution is -2.64. The third-order valence-corrected chi connectivity index (χ3v) is 7.30. The Morgan fingerprint density at radius 3 is 1.98 bits per heavy atom. The zero-order chi connectivity index (χ0) is 30.3. The number of rotatable bonds is 7. The van der Waals surface area contributed by atoms with Crippen molar-refractivity contribution in [3.63, 3.8) is 0 Å². The topological polar surface area (TPSA) is 248 Å². The average Bonchev–Trinajstić information content (AvgIpc) is 2.97. The highest BCUT2D eigenvalue weighted by molar-refractivity contribution is 5.68. The fourth-order valence-electron chi connectivity index (χ4n) is 4.97. The number of hydrogen-bond donors (Lipinski definition) is 10. The summed E-state index contributed by atoms with van der Waals surface area (Å²) in [4.78, 5) is 0. The Morgan fingerprint density at radius 2 is 1.33 bits per heavy atom. The van der Waals surface area contributed by atoms with E-state index in [9.17, 15) is 51.1 Å². The Labute approximate surface area is 238 Å². The Kier molecular flexibility index (Phi) is 8.77. The number of benzene rings is 1. The van der Waals surface area contributed by atoms with Gasteiger partial charge >= 0.3 is 0 Å². The van der Waals surface area contributed by atoms with Gasteiger partial charge in [-0.25, -0.2) is 0 Å². The van der Waals surface area contributed by atoms with Gasteiger partial charge in [-0.05, 0) is 30.3 Å². The normalized spacial score (nSPS) is 38.5. The maximum Gasteiger partial charge on any atom is 0.229 e. The Morgan fingerprint density at radius 1 is 0.714 bits per heavy atom. The molecule has 1 aromatic rings. The van der Waals surface area contributed by atoms with Gasteiger partial charge in [-0.15, -0.1) is 0 Å². The first-order valence-corrected chi connectivity index (χ1v) is 13.0.